The summed E-state index contributed by atoms with van der Waals surface area (Å²) in [7, 11) is 0. The van der Waals surface area contributed by atoms with E-state index < -0.39 is 11.7 Å². The third-order valence-corrected chi connectivity index (χ3v) is 3.31. The molecule has 2 unspecified atom stereocenters. The summed E-state index contributed by atoms with van der Waals surface area (Å²) in [6.45, 7) is 3.54. The number of hydrogen-bond donors (Lipinski definition) is 2. The summed E-state index contributed by atoms with van der Waals surface area (Å²) in [6, 6.07) is 3.92. The summed E-state index contributed by atoms with van der Waals surface area (Å²) in [5.41, 5.74) is -0.968. The molecule has 2 atom stereocenters. The van der Waals surface area contributed by atoms with Crippen LogP contribution in [0.3, 0.4) is 0 Å². The molecule has 1 aromatic heterocycles. The summed E-state index contributed by atoms with van der Waals surface area (Å²) in [5, 5.41) is 21.4. The average molecular weight is 200 g/mol. The van der Waals surface area contributed by atoms with Crippen LogP contribution in [0.25, 0.3) is 0 Å². The largest absolute Gasteiger partial charge is 0.390 e. The van der Waals surface area contributed by atoms with Crippen molar-refractivity contribution in [2.24, 2.45) is 0 Å². The lowest BCUT2D eigenvalue weighted by atomic mass is 9.93. The molecule has 0 aliphatic carbocycles. The van der Waals surface area contributed by atoms with E-state index in [1.807, 2.05) is 24.4 Å². The minimum Gasteiger partial charge on any atom is -0.390 e. The molecule has 0 saturated carbocycles. The Morgan fingerprint density at radius 1 is 1.62 bits per heavy atom. The van der Waals surface area contributed by atoms with Gasteiger partial charge in [0.25, 0.3) is 0 Å². The molecule has 74 valence electrons. The van der Waals surface area contributed by atoms with Crippen molar-refractivity contribution in [3.05, 3.63) is 22.4 Å². The third-order valence-electron chi connectivity index (χ3n) is 2.41. The molecule has 0 spiro atoms. The molecule has 0 fully saturated rings. The van der Waals surface area contributed by atoms with Crippen LogP contribution >= 0.6 is 11.3 Å². The fourth-order valence-corrected chi connectivity index (χ4v) is 1.82. The van der Waals surface area contributed by atoms with Gasteiger partial charge < -0.3 is 10.2 Å². The fourth-order valence-electron chi connectivity index (χ4n) is 1.07. The second kappa shape index (κ2) is 4.22. The highest BCUT2D eigenvalue weighted by molar-refractivity contribution is 7.09. The second-order valence-corrected chi connectivity index (χ2v) is 4.54. The minimum atomic E-state index is -0.968. The van der Waals surface area contributed by atoms with Gasteiger partial charge in [0.15, 0.2) is 0 Å². The number of aliphatic hydroxyl groups is 2. The van der Waals surface area contributed by atoms with Crippen LogP contribution in [0.2, 0.25) is 0 Å². The lowest BCUT2D eigenvalue weighted by Crippen LogP contribution is -2.39. The van der Waals surface area contributed by atoms with E-state index in [0.717, 1.165) is 4.88 Å². The number of aliphatic hydroxyl groups excluding tert-OH is 1. The summed E-state index contributed by atoms with van der Waals surface area (Å²) in [5.74, 6) is 0. The van der Waals surface area contributed by atoms with Gasteiger partial charge in [-0.15, -0.1) is 11.3 Å². The Morgan fingerprint density at radius 3 is 2.77 bits per heavy atom. The smallest absolute Gasteiger partial charge is 0.0878 e. The van der Waals surface area contributed by atoms with Crippen molar-refractivity contribution in [1.82, 2.24) is 0 Å². The monoisotopic (exact) mass is 200 g/mol. The van der Waals surface area contributed by atoms with Gasteiger partial charge in [0, 0.05) is 11.3 Å². The van der Waals surface area contributed by atoms with Crippen LogP contribution in [0.5, 0.6) is 0 Å². The summed E-state index contributed by atoms with van der Waals surface area (Å²) in [4.78, 5) is 1.11. The molecular weight excluding hydrogens is 184 g/mol. The second-order valence-electron chi connectivity index (χ2n) is 3.51. The van der Waals surface area contributed by atoms with Gasteiger partial charge >= 0.3 is 0 Å². The lowest BCUT2D eigenvalue weighted by Gasteiger charge is -2.27. The van der Waals surface area contributed by atoms with Crippen LogP contribution in [0, 0.1) is 0 Å². The summed E-state index contributed by atoms with van der Waals surface area (Å²) < 4.78 is 0. The molecule has 1 heterocycles. The molecule has 0 radical (unpaired) electrons. The lowest BCUT2D eigenvalue weighted by molar-refractivity contribution is -0.0626. The first-order chi connectivity index (χ1) is 6.06. The molecule has 0 aliphatic heterocycles. The van der Waals surface area contributed by atoms with Crippen LogP contribution in [0.15, 0.2) is 17.5 Å². The molecule has 1 aromatic rings. The van der Waals surface area contributed by atoms with E-state index in [9.17, 15) is 10.2 Å². The van der Waals surface area contributed by atoms with Crippen LogP contribution in [0.4, 0.5) is 0 Å². The maximum Gasteiger partial charge on any atom is 0.0878 e. The molecule has 13 heavy (non-hydrogen) atoms. The highest BCUT2D eigenvalue weighted by Gasteiger charge is 2.28. The van der Waals surface area contributed by atoms with Gasteiger partial charge in [-0.05, 0) is 24.8 Å². The van der Waals surface area contributed by atoms with Crippen molar-refractivity contribution in [2.75, 3.05) is 0 Å². The van der Waals surface area contributed by atoms with E-state index in [2.05, 4.69) is 0 Å². The zero-order valence-corrected chi connectivity index (χ0v) is 8.84. The zero-order valence-electron chi connectivity index (χ0n) is 8.03. The highest BCUT2D eigenvalue weighted by atomic mass is 32.1. The molecule has 0 amide bonds. The first-order valence-corrected chi connectivity index (χ1v) is 5.37. The quantitative estimate of drug-likeness (QED) is 0.778. The third kappa shape index (κ3) is 2.79. The van der Waals surface area contributed by atoms with E-state index in [0.29, 0.717) is 12.8 Å². The molecule has 1 rings (SSSR count). The van der Waals surface area contributed by atoms with Crippen molar-refractivity contribution in [3.63, 3.8) is 0 Å². The Kier molecular flexibility index (Phi) is 3.47. The maximum atomic E-state index is 9.75. The number of rotatable bonds is 4. The molecule has 0 aliphatic rings. The minimum absolute atomic E-state index is 0.540. The Bertz CT molecular complexity index is 241. The van der Waals surface area contributed by atoms with Gasteiger partial charge in [-0.1, -0.05) is 13.0 Å². The fraction of sp³-hybridized carbons (Fsp3) is 0.600. The van der Waals surface area contributed by atoms with Crippen molar-refractivity contribution in [1.29, 1.82) is 0 Å². The summed E-state index contributed by atoms with van der Waals surface area (Å²) in [6.07, 6.45) is 0.439. The van der Waals surface area contributed by atoms with Gasteiger partial charge in [0.2, 0.25) is 0 Å². The Labute approximate surface area is 82.8 Å². The first-order valence-electron chi connectivity index (χ1n) is 4.49. The predicted octanol–water partition coefficient (Wildman–Crippen LogP) is 1.81. The van der Waals surface area contributed by atoms with E-state index in [1.165, 1.54) is 0 Å². The van der Waals surface area contributed by atoms with E-state index in [1.54, 1.807) is 18.3 Å². The van der Waals surface area contributed by atoms with Crippen LogP contribution in [0.1, 0.15) is 25.1 Å². The average Bonchev–Trinajstić information content (AvgIpc) is 2.57. The van der Waals surface area contributed by atoms with Crippen molar-refractivity contribution < 1.29 is 10.2 Å². The van der Waals surface area contributed by atoms with Gasteiger partial charge in [0.05, 0.1) is 11.7 Å². The van der Waals surface area contributed by atoms with Gasteiger partial charge in [-0.2, -0.15) is 0 Å². The van der Waals surface area contributed by atoms with Gasteiger partial charge in [0.1, 0.15) is 0 Å². The van der Waals surface area contributed by atoms with Crippen molar-refractivity contribution >= 4 is 11.3 Å². The van der Waals surface area contributed by atoms with Gasteiger partial charge in [-0.3, -0.25) is 0 Å². The van der Waals surface area contributed by atoms with Gasteiger partial charge in [-0.25, -0.2) is 0 Å². The van der Waals surface area contributed by atoms with Crippen molar-refractivity contribution in [3.8, 4) is 0 Å². The molecule has 0 aromatic carbocycles. The zero-order chi connectivity index (χ0) is 9.90. The molecule has 0 bridgehead atoms. The normalized spacial score (nSPS) is 18.2. The SMILES string of the molecule is CCC(C)(O)C(O)Cc1cccs1. The predicted molar refractivity (Wildman–Crippen MR) is 54.9 cm³/mol. The van der Waals surface area contributed by atoms with E-state index in [4.69, 9.17) is 0 Å². The summed E-state index contributed by atoms with van der Waals surface area (Å²) >= 11 is 1.61. The van der Waals surface area contributed by atoms with Crippen LogP contribution < -0.4 is 0 Å². The molecule has 2 nitrogen and oxygen atoms in total. The Balaban J connectivity index is 2.55. The highest BCUT2D eigenvalue weighted by Crippen LogP contribution is 2.20. The molecule has 3 heteroatoms. The standard InChI is InChI=1S/C10H16O2S/c1-3-10(2,12)9(11)7-8-5-4-6-13-8/h4-6,9,11-12H,3,7H2,1-2H3. The number of thiophene rings is 1. The number of hydrogen-bond acceptors (Lipinski definition) is 3. The van der Waals surface area contributed by atoms with Crippen LogP contribution in [-0.4, -0.2) is 21.9 Å². The Hall–Kier alpha value is -0.380. The van der Waals surface area contributed by atoms with E-state index >= 15 is 0 Å². The molecule has 2 N–H and O–H groups in total. The van der Waals surface area contributed by atoms with Crippen LogP contribution in [-0.2, 0) is 6.42 Å². The topological polar surface area (TPSA) is 40.5 Å². The van der Waals surface area contributed by atoms with Crippen molar-refractivity contribution in [2.45, 2.75) is 38.4 Å². The van der Waals surface area contributed by atoms with E-state index in [-0.39, 0.29) is 0 Å². The molecular formula is C10H16O2S. The Morgan fingerprint density at radius 2 is 2.31 bits per heavy atom. The first kappa shape index (κ1) is 10.7. The molecule has 0 saturated heterocycles. The maximum absolute atomic E-state index is 9.75.